The highest BCUT2D eigenvalue weighted by molar-refractivity contribution is 5.71. The number of esters is 3. The standard InChI is InChI=1S/C49H88O6/c1-4-7-10-13-16-19-22-24-25-28-30-33-36-39-42-48(51)54-45-46(44-53-47(50)41-38-35-32-29-26-21-18-15-12-9-6-3)55-49(52)43-40-37-34-31-27-23-20-17-14-11-8-5-2/h13,16-17,20,22,24,46H,4-12,14-15,18-19,21,23,25-45H2,1-3H3/b16-13-,20-17-,24-22-. The van der Waals surface area contributed by atoms with Crippen LogP contribution in [0.25, 0.3) is 0 Å². The molecule has 0 aromatic carbocycles. The van der Waals surface area contributed by atoms with Crippen molar-refractivity contribution in [2.75, 3.05) is 13.2 Å². The molecule has 0 fully saturated rings. The van der Waals surface area contributed by atoms with Crippen molar-refractivity contribution < 1.29 is 28.6 Å². The molecule has 0 spiro atoms. The molecule has 0 radical (unpaired) electrons. The summed E-state index contributed by atoms with van der Waals surface area (Å²) in [5, 5.41) is 0. The summed E-state index contributed by atoms with van der Waals surface area (Å²) in [6.07, 6.45) is 49.7. The number of allylic oxidation sites excluding steroid dienone is 6. The van der Waals surface area contributed by atoms with E-state index in [1.807, 2.05) is 0 Å². The van der Waals surface area contributed by atoms with E-state index < -0.39 is 6.10 Å². The first kappa shape index (κ1) is 52.6. The summed E-state index contributed by atoms with van der Waals surface area (Å²) < 4.78 is 16.7. The zero-order valence-corrected chi connectivity index (χ0v) is 36.4. The van der Waals surface area contributed by atoms with Gasteiger partial charge < -0.3 is 14.2 Å². The molecule has 1 atom stereocenters. The number of carbonyl (C=O) groups excluding carboxylic acids is 3. The molecule has 0 amide bonds. The van der Waals surface area contributed by atoms with E-state index in [0.29, 0.717) is 19.3 Å². The van der Waals surface area contributed by atoms with Gasteiger partial charge in [-0.15, -0.1) is 0 Å². The highest BCUT2D eigenvalue weighted by atomic mass is 16.6. The Balaban J connectivity index is 4.39. The molecule has 6 heteroatoms. The fraction of sp³-hybridized carbons (Fsp3) is 0.816. The summed E-state index contributed by atoms with van der Waals surface area (Å²) in [7, 11) is 0. The van der Waals surface area contributed by atoms with E-state index in [1.165, 1.54) is 109 Å². The molecule has 0 aromatic heterocycles. The van der Waals surface area contributed by atoms with Crippen LogP contribution in [-0.2, 0) is 28.6 Å². The maximum absolute atomic E-state index is 12.7. The summed E-state index contributed by atoms with van der Waals surface area (Å²) >= 11 is 0. The average molecular weight is 773 g/mol. The number of carbonyl (C=O) groups is 3. The van der Waals surface area contributed by atoms with Gasteiger partial charge >= 0.3 is 17.9 Å². The third-order valence-corrected chi connectivity index (χ3v) is 10.1. The fourth-order valence-electron chi connectivity index (χ4n) is 6.51. The number of ether oxygens (including phenoxy) is 3. The minimum Gasteiger partial charge on any atom is -0.462 e. The fourth-order valence-corrected chi connectivity index (χ4v) is 6.51. The van der Waals surface area contributed by atoms with Crippen LogP contribution in [0, 0.1) is 0 Å². The predicted molar refractivity (Wildman–Crippen MR) is 233 cm³/mol. The van der Waals surface area contributed by atoms with Crippen LogP contribution in [-0.4, -0.2) is 37.2 Å². The van der Waals surface area contributed by atoms with Gasteiger partial charge in [-0.3, -0.25) is 14.4 Å². The highest BCUT2D eigenvalue weighted by Crippen LogP contribution is 2.14. The molecular formula is C49H88O6. The van der Waals surface area contributed by atoms with E-state index in [0.717, 1.165) is 89.9 Å². The topological polar surface area (TPSA) is 78.9 Å². The SMILES string of the molecule is CCCC/C=C\C/C=C\CCCCCCCC(=O)OCC(COC(=O)CCCCCCCCCCCCC)OC(=O)CCCCCCC/C=C\CCCCC. The van der Waals surface area contributed by atoms with Crippen LogP contribution >= 0.6 is 0 Å². The van der Waals surface area contributed by atoms with E-state index in [9.17, 15) is 14.4 Å². The molecule has 0 aliphatic heterocycles. The summed E-state index contributed by atoms with van der Waals surface area (Å²) in [6.45, 7) is 6.54. The number of hydrogen-bond donors (Lipinski definition) is 0. The van der Waals surface area contributed by atoms with Gasteiger partial charge in [-0.1, -0.05) is 186 Å². The van der Waals surface area contributed by atoms with Gasteiger partial charge in [0.25, 0.3) is 0 Å². The van der Waals surface area contributed by atoms with E-state index in [2.05, 4.69) is 57.2 Å². The summed E-state index contributed by atoms with van der Waals surface area (Å²) in [5.41, 5.74) is 0. The minimum absolute atomic E-state index is 0.0779. The Bertz CT molecular complexity index is 938. The molecule has 6 nitrogen and oxygen atoms in total. The molecule has 0 aromatic rings. The van der Waals surface area contributed by atoms with Crippen LogP contribution in [0.2, 0.25) is 0 Å². The number of unbranched alkanes of at least 4 members (excludes halogenated alkanes) is 25. The Morgan fingerprint density at radius 3 is 1.11 bits per heavy atom. The average Bonchev–Trinajstić information content (AvgIpc) is 3.18. The third kappa shape index (κ3) is 42.6. The van der Waals surface area contributed by atoms with Crippen LogP contribution in [0.1, 0.15) is 239 Å². The Hall–Kier alpha value is -2.37. The molecular weight excluding hydrogens is 685 g/mol. The maximum atomic E-state index is 12.7. The largest absolute Gasteiger partial charge is 0.462 e. The van der Waals surface area contributed by atoms with Crippen LogP contribution in [0.3, 0.4) is 0 Å². The Morgan fingerprint density at radius 1 is 0.364 bits per heavy atom. The lowest BCUT2D eigenvalue weighted by atomic mass is 10.1. The van der Waals surface area contributed by atoms with Crippen molar-refractivity contribution in [3.8, 4) is 0 Å². The Kier molecular flexibility index (Phi) is 42.4. The van der Waals surface area contributed by atoms with Gasteiger partial charge in [-0.25, -0.2) is 0 Å². The summed E-state index contributed by atoms with van der Waals surface area (Å²) in [6, 6.07) is 0. The van der Waals surface area contributed by atoms with Crippen molar-refractivity contribution in [1.29, 1.82) is 0 Å². The predicted octanol–water partition coefficient (Wildman–Crippen LogP) is 15.0. The molecule has 0 heterocycles. The van der Waals surface area contributed by atoms with Crippen LogP contribution in [0.15, 0.2) is 36.5 Å². The first-order valence-corrected chi connectivity index (χ1v) is 23.5. The lowest BCUT2D eigenvalue weighted by Crippen LogP contribution is -2.30. The van der Waals surface area contributed by atoms with Crippen LogP contribution in [0.5, 0.6) is 0 Å². The smallest absolute Gasteiger partial charge is 0.306 e. The van der Waals surface area contributed by atoms with Crippen molar-refractivity contribution in [3.63, 3.8) is 0 Å². The van der Waals surface area contributed by atoms with Gasteiger partial charge in [-0.2, -0.15) is 0 Å². The molecule has 0 N–H and O–H groups in total. The molecule has 55 heavy (non-hydrogen) atoms. The maximum Gasteiger partial charge on any atom is 0.306 e. The second-order valence-corrected chi connectivity index (χ2v) is 15.7. The van der Waals surface area contributed by atoms with E-state index in [1.54, 1.807) is 0 Å². The number of hydrogen-bond acceptors (Lipinski definition) is 6. The Labute approximate surface area is 340 Å². The highest BCUT2D eigenvalue weighted by Gasteiger charge is 2.19. The van der Waals surface area contributed by atoms with Gasteiger partial charge in [0.05, 0.1) is 0 Å². The van der Waals surface area contributed by atoms with E-state index in [-0.39, 0.29) is 31.1 Å². The molecule has 0 aliphatic carbocycles. The molecule has 0 rings (SSSR count). The van der Waals surface area contributed by atoms with Crippen molar-refractivity contribution in [2.24, 2.45) is 0 Å². The van der Waals surface area contributed by atoms with Crippen molar-refractivity contribution in [1.82, 2.24) is 0 Å². The summed E-state index contributed by atoms with van der Waals surface area (Å²) in [5.74, 6) is -0.899. The molecule has 0 aliphatic rings. The normalized spacial score (nSPS) is 12.3. The molecule has 1 unspecified atom stereocenters. The van der Waals surface area contributed by atoms with Crippen molar-refractivity contribution in [2.45, 2.75) is 245 Å². The van der Waals surface area contributed by atoms with Crippen LogP contribution in [0.4, 0.5) is 0 Å². The minimum atomic E-state index is -0.776. The van der Waals surface area contributed by atoms with Crippen LogP contribution < -0.4 is 0 Å². The molecule has 320 valence electrons. The second-order valence-electron chi connectivity index (χ2n) is 15.7. The quantitative estimate of drug-likeness (QED) is 0.0266. The van der Waals surface area contributed by atoms with Gasteiger partial charge in [0, 0.05) is 19.3 Å². The molecule has 0 saturated heterocycles. The number of rotatable bonds is 42. The zero-order valence-electron chi connectivity index (χ0n) is 36.4. The van der Waals surface area contributed by atoms with Gasteiger partial charge in [0.2, 0.25) is 0 Å². The monoisotopic (exact) mass is 773 g/mol. The molecule has 0 saturated carbocycles. The van der Waals surface area contributed by atoms with Gasteiger partial charge in [0.15, 0.2) is 6.10 Å². The third-order valence-electron chi connectivity index (χ3n) is 10.1. The summed E-state index contributed by atoms with van der Waals surface area (Å²) in [4.78, 5) is 37.7. The molecule has 0 bridgehead atoms. The lowest BCUT2D eigenvalue weighted by Gasteiger charge is -2.18. The van der Waals surface area contributed by atoms with Crippen molar-refractivity contribution in [3.05, 3.63) is 36.5 Å². The first-order valence-electron chi connectivity index (χ1n) is 23.5. The second kappa shape index (κ2) is 44.3. The van der Waals surface area contributed by atoms with Crippen molar-refractivity contribution >= 4 is 17.9 Å². The zero-order chi connectivity index (χ0) is 40.1. The van der Waals surface area contributed by atoms with E-state index >= 15 is 0 Å². The Morgan fingerprint density at radius 2 is 0.673 bits per heavy atom. The van der Waals surface area contributed by atoms with E-state index in [4.69, 9.17) is 14.2 Å². The van der Waals surface area contributed by atoms with Gasteiger partial charge in [0.1, 0.15) is 13.2 Å². The first-order chi connectivity index (χ1) is 27.0. The van der Waals surface area contributed by atoms with Gasteiger partial charge in [-0.05, 0) is 70.6 Å². The lowest BCUT2D eigenvalue weighted by molar-refractivity contribution is -0.167.